The van der Waals surface area contributed by atoms with Gasteiger partial charge in [0.15, 0.2) is 0 Å². The van der Waals surface area contributed by atoms with E-state index in [0.717, 1.165) is 47.9 Å². The fraction of sp³-hybridized carbons (Fsp3) is 0.480. The summed E-state index contributed by atoms with van der Waals surface area (Å²) in [5.41, 5.74) is 3.87. The average Bonchev–Trinajstić information content (AvgIpc) is 2.66. The van der Waals surface area contributed by atoms with E-state index in [1.54, 1.807) is 0 Å². The number of rotatable bonds is 3. The van der Waals surface area contributed by atoms with Gasteiger partial charge in [-0.15, -0.1) is 0 Å². The van der Waals surface area contributed by atoms with Gasteiger partial charge in [0.2, 0.25) is 0 Å². The van der Waals surface area contributed by atoms with Crippen molar-refractivity contribution in [2.75, 3.05) is 31.1 Å². The van der Waals surface area contributed by atoms with Gasteiger partial charge in [-0.1, -0.05) is 53.1 Å². The molecule has 0 bridgehead atoms. The number of hydrogen-bond donors (Lipinski definition) is 1. The summed E-state index contributed by atoms with van der Waals surface area (Å²) in [7, 11) is 0. The zero-order chi connectivity index (χ0) is 22.1. The van der Waals surface area contributed by atoms with Crippen molar-refractivity contribution in [1.82, 2.24) is 5.01 Å². The Morgan fingerprint density at radius 2 is 1.37 bits per heavy atom. The Hall–Kier alpha value is -2.20. The molecule has 0 amide bonds. The van der Waals surface area contributed by atoms with E-state index in [-0.39, 0.29) is 10.8 Å². The van der Waals surface area contributed by atoms with Gasteiger partial charge in [-0.2, -0.15) is 5.10 Å². The lowest BCUT2D eigenvalue weighted by Crippen LogP contribution is -2.44. The molecular weight excluding hydrogens is 394 g/mol. The molecule has 1 fully saturated rings. The van der Waals surface area contributed by atoms with Crippen LogP contribution in [0.2, 0.25) is 5.02 Å². The van der Waals surface area contributed by atoms with Crippen molar-refractivity contribution in [1.29, 1.82) is 0 Å². The van der Waals surface area contributed by atoms with E-state index in [1.807, 2.05) is 18.3 Å². The molecule has 1 aliphatic rings. The highest BCUT2D eigenvalue weighted by molar-refractivity contribution is 6.30. The molecule has 0 unspecified atom stereocenters. The summed E-state index contributed by atoms with van der Waals surface area (Å²) >= 11 is 6.00. The second-order valence-corrected chi connectivity index (χ2v) is 10.6. The molecule has 1 N–H and O–H groups in total. The highest BCUT2D eigenvalue weighted by Gasteiger charge is 2.26. The molecule has 5 heteroatoms. The molecule has 0 saturated carbocycles. The zero-order valence-electron chi connectivity index (χ0n) is 19.0. The minimum atomic E-state index is -0.141. The predicted octanol–water partition coefficient (Wildman–Crippen LogP) is 5.80. The molecule has 1 heterocycles. The van der Waals surface area contributed by atoms with Crippen LogP contribution in [0.25, 0.3) is 0 Å². The summed E-state index contributed by atoms with van der Waals surface area (Å²) in [5.74, 6) is 0.406. The molecule has 3 rings (SSSR count). The third-order valence-electron chi connectivity index (χ3n) is 5.57. The van der Waals surface area contributed by atoms with E-state index in [0.29, 0.717) is 5.75 Å². The maximum Gasteiger partial charge on any atom is 0.123 e. The average molecular weight is 428 g/mol. The fourth-order valence-corrected chi connectivity index (χ4v) is 3.87. The second-order valence-electron chi connectivity index (χ2n) is 10.1. The fourth-order valence-electron chi connectivity index (χ4n) is 3.74. The van der Waals surface area contributed by atoms with E-state index >= 15 is 0 Å². The predicted molar refractivity (Wildman–Crippen MR) is 128 cm³/mol. The Morgan fingerprint density at radius 3 is 1.83 bits per heavy atom. The SMILES string of the molecule is CC(C)(C)c1cc(/C=N/N2CCN(c3ccc(Cl)cc3)CC2)cc(C(C)(C)C)c1O. The number of piperazine rings is 1. The molecule has 0 radical (unpaired) electrons. The van der Waals surface area contributed by atoms with Gasteiger partial charge in [0.1, 0.15) is 5.75 Å². The van der Waals surface area contributed by atoms with E-state index in [4.69, 9.17) is 16.7 Å². The van der Waals surface area contributed by atoms with Crippen LogP contribution in [0.5, 0.6) is 5.75 Å². The van der Waals surface area contributed by atoms with Crippen LogP contribution in [0.1, 0.15) is 58.2 Å². The number of benzene rings is 2. The number of phenols is 1. The van der Waals surface area contributed by atoms with Crippen LogP contribution in [-0.4, -0.2) is 42.5 Å². The third kappa shape index (κ3) is 5.28. The largest absolute Gasteiger partial charge is 0.507 e. The summed E-state index contributed by atoms with van der Waals surface area (Å²) in [4.78, 5) is 2.36. The summed E-state index contributed by atoms with van der Waals surface area (Å²) in [6.45, 7) is 16.4. The number of hydrogen-bond acceptors (Lipinski definition) is 4. The third-order valence-corrected chi connectivity index (χ3v) is 5.82. The first-order valence-electron chi connectivity index (χ1n) is 10.6. The lowest BCUT2D eigenvalue weighted by Gasteiger charge is -2.34. The summed E-state index contributed by atoms with van der Waals surface area (Å²) in [5, 5.41) is 18.5. The van der Waals surface area contributed by atoms with Crippen LogP contribution in [0, 0.1) is 0 Å². The maximum atomic E-state index is 10.9. The Balaban J connectivity index is 1.75. The first kappa shape index (κ1) is 22.5. The highest BCUT2D eigenvalue weighted by atomic mass is 35.5. The number of halogens is 1. The monoisotopic (exact) mass is 427 g/mol. The topological polar surface area (TPSA) is 39.1 Å². The number of anilines is 1. The van der Waals surface area contributed by atoms with E-state index < -0.39 is 0 Å². The number of nitrogens with zero attached hydrogens (tertiary/aromatic N) is 3. The number of aromatic hydroxyl groups is 1. The van der Waals surface area contributed by atoms with Gasteiger partial charge in [0.25, 0.3) is 0 Å². The van der Waals surface area contributed by atoms with Crippen molar-refractivity contribution in [3.05, 3.63) is 58.1 Å². The van der Waals surface area contributed by atoms with Crippen molar-refractivity contribution < 1.29 is 5.11 Å². The minimum absolute atomic E-state index is 0.141. The number of hydrazone groups is 1. The van der Waals surface area contributed by atoms with Crippen LogP contribution in [0.3, 0.4) is 0 Å². The zero-order valence-corrected chi connectivity index (χ0v) is 19.8. The molecule has 0 atom stereocenters. The molecule has 2 aromatic rings. The minimum Gasteiger partial charge on any atom is -0.507 e. The van der Waals surface area contributed by atoms with Crippen molar-refractivity contribution in [3.63, 3.8) is 0 Å². The van der Waals surface area contributed by atoms with Crippen molar-refractivity contribution >= 4 is 23.5 Å². The lowest BCUT2D eigenvalue weighted by molar-refractivity contribution is 0.272. The molecule has 30 heavy (non-hydrogen) atoms. The summed E-state index contributed by atoms with van der Waals surface area (Å²) in [6.07, 6.45) is 1.93. The van der Waals surface area contributed by atoms with E-state index in [9.17, 15) is 5.11 Å². The van der Waals surface area contributed by atoms with Crippen LogP contribution in [0.4, 0.5) is 5.69 Å². The standard InChI is InChI=1S/C25H34ClN3O/c1-24(2,3)21-15-18(16-22(23(21)30)25(4,5)6)17-27-29-13-11-28(12-14-29)20-9-7-19(26)8-10-20/h7-10,15-17,30H,11-14H2,1-6H3/b27-17+. The van der Waals surface area contributed by atoms with Gasteiger partial charge in [0, 0.05) is 34.9 Å². The Kier molecular flexibility index (Phi) is 6.37. The van der Waals surface area contributed by atoms with E-state index in [1.165, 1.54) is 5.69 Å². The van der Waals surface area contributed by atoms with Crippen LogP contribution >= 0.6 is 11.6 Å². The lowest BCUT2D eigenvalue weighted by atomic mass is 9.78. The summed E-state index contributed by atoms with van der Waals surface area (Å²) < 4.78 is 0. The molecule has 162 valence electrons. The summed E-state index contributed by atoms with van der Waals surface area (Å²) in [6, 6.07) is 12.1. The van der Waals surface area contributed by atoms with Gasteiger partial charge in [0.05, 0.1) is 19.3 Å². The molecule has 2 aromatic carbocycles. The molecule has 0 aromatic heterocycles. The molecule has 0 spiro atoms. The Labute approximate surface area is 186 Å². The van der Waals surface area contributed by atoms with Gasteiger partial charge in [-0.25, -0.2) is 0 Å². The molecule has 1 saturated heterocycles. The van der Waals surface area contributed by atoms with Crippen LogP contribution in [0.15, 0.2) is 41.5 Å². The quantitative estimate of drug-likeness (QED) is 0.629. The highest BCUT2D eigenvalue weighted by Crippen LogP contribution is 2.39. The van der Waals surface area contributed by atoms with E-state index in [2.05, 4.69) is 75.7 Å². The van der Waals surface area contributed by atoms with Crippen molar-refractivity contribution in [3.8, 4) is 5.75 Å². The molecule has 0 aliphatic carbocycles. The second kappa shape index (κ2) is 8.50. The normalized spacial score (nSPS) is 15.8. The Bertz CT molecular complexity index is 864. The van der Waals surface area contributed by atoms with Gasteiger partial charge >= 0.3 is 0 Å². The smallest absolute Gasteiger partial charge is 0.123 e. The number of phenolic OH excluding ortho intramolecular Hbond substituents is 1. The van der Waals surface area contributed by atoms with Gasteiger partial charge in [-0.05, 0) is 52.8 Å². The van der Waals surface area contributed by atoms with Crippen molar-refractivity contribution in [2.24, 2.45) is 5.10 Å². The maximum absolute atomic E-state index is 10.9. The molecular formula is C25H34ClN3O. The first-order valence-corrected chi connectivity index (χ1v) is 11.0. The van der Waals surface area contributed by atoms with Gasteiger partial charge in [-0.3, -0.25) is 5.01 Å². The van der Waals surface area contributed by atoms with Gasteiger partial charge < -0.3 is 10.0 Å². The van der Waals surface area contributed by atoms with Crippen LogP contribution in [-0.2, 0) is 10.8 Å². The van der Waals surface area contributed by atoms with Crippen LogP contribution < -0.4 is 4.90 Å². The molecule has 1 aliphatic heterocycles. The van der Waals surface area contributed by atoms with Crippen molar-refractivity contribution in [2.45, 2.75) is 52.4 Å². The first-order chi connectivity index (χ1) is 13.9. The Morgan fingerprint density at radius 1 is 0.867 bits per heavy atom. The molecule has 4 nitrogen and oxygen atoms in total.